The Kier molecular flexibility index (Phi) is 5.60. The number of ether oxygens (including phenoxy) is 2. The van der Waals surface area contributed by atoms with Crippen molar-refractivity contribution in [3.63, 3.8) is 0 Å². The van der Waals surface area contributed by atoms with Crippen molar-refractivity contribution in [1.82, 2.24) is 25.0 Å². The number of aromatic nitrogens is 3. The highest BCUT2D eigenvalue weighted by atomic mass is 16.5. The maximum atomic E-state index is 12.4. The lowest BCUT2D eigenvalue weighted by Crippen LogP contribution is -2.59. The van der Waals surface area contributed by atoms with Gasteiger partial charge in [0.05, 0.1) is 26.2 Å². The maximum Gasteiger partial charge on any atom is 0.318 e. The Hall–Kier alpha value is -2.77. The number of benzene rings is 1. The summed E-state index contributed by atoms with van der Waals surface area (Å²) in [5.74, 6) is 2.16. The Morgan fingerprint density at radius 2 is 2.08 bits per heavy atom. The van der Waals surface area contributed by atoms with Crippen LogP contribution in [0.5, 0.6) is 11.5 Å². The van der Waals surface area contributed by atoms with Crippen molar-refractivity contribution in [2.75, 3.05) is 20.2 Å². The van der Waals surface area contributed by atoms with Crippen molar-refractivity contribution in [2.24, 2.45) is 0 Å². The van der Waals surface area contributed by atoms with Crippen molar-refractivity contribution >= 4 is 6.03 Å². The Morgan fingerprint density at radius 3 is 2.77 bits per heavy atom. The van der Waals surface area contributed by atoms with Gasteiger partial charge in [-0.15, -0.1) is 0 Å². The highest BCUT2D eigenvalue weighted by Crippen LogP contribution is 2.28. The average molecular weight is 359 g/mol. The molecule has 1 aromatic heterocycles. The molecule has 8 nitrogen and oxygen atoms in total. The maximum absolute atomic E-state index is 12.4. The van der Waals surface area contributed by atoms with Crippen LogP contribution >= 0.6 is 0 Å². The molecule has 1 aliphatic heterocycles. The quantitative estimate of drug-likeness (QED) is 0.820. The Labute approximate surface area is 153 Å². The van der Waals surface area contributed by atoms with Crippen LogP contribution in [-0.2, 0) is 6.54 Å². The minimum Gasteiger partial charge on any atom is -0.493 e. The smallest absolute Gasteiger partial charge is 0.318 e. The number of nitrogens with zero attached hydrogens (tertiary/aromatic N) is 4. The molecule has 8 heteroatoms. The molecule has 1 aromatic carbocycles. The molecule has 3 rings (SSSR count). The van der Waals surface area contributed by atoms with E-state index in [1.807, 2.05) is 35.9 Å². The van der Waals surface area contributed by atoms with E-state index in [0.29, 0.717) is 24.6 Å². The van der Waals surface area contributed by atoms with Gasteiger partial charge >= 0.3 is 6.03 Å². The van der Waals surface area contributed by atoms with Gasteiger partial charge in [-0.25, -0.2) is 14.5 Å². The fraction of sp³-hybridized carbons (Fsp3) is 0.500. The number of rotatable bonds is 7. The fourth-order valence-corrected chi connectivity index (χ4v) is 2.91. The summed E-state index contributed by atoms with van der Waals surface area (Å²) in [5, 5.41) is 7.17. The molecule has 26 heavy (non-hydrogen) atoms. The van der Waals surface area contributed by atoms with Crippen molar-refractivity contribution in [3.8, 4) is 11.5 Å². The third-order valence-corrected chi connectivity index (χ3v) is 4.31. The highest BCUT2D eigenvalue weighted by molar-refractivity contribution is 5.75. The molecule has 0 saturated carbocycles. The largest absolute Gasteiger partial charge is 0.493 e. The molecule has 0 spiro atoms. The van der Waals surface area contributed by atoms with Gasteiger partial charge in [0.15, 0.2) is 11.5 Å². The average Bonchev–Trinajstić information content (AvgIpc) is 3.06. The Balaban J connectivity index is 1.49. The van der Waals surface area contributed by atoms with Crippen molar-refractivity contribution in [1.29, 1.82) is 0 Å². The molecule has 140 valence electrons. The molecule has 0 aliphatic carbocycles. The van der Waals surface area contributed by atoms with Gasteiger partial charge in [0.25, 0.3) is 0 Å². The van der Waals surface area contributed by atoms with Gasteiger partial charge in [0, 0.05) is 6.54 Å². The number of carbonyl (C=O) groups is 1. The summed E-state index contributed by atoms with van der Waals surface area (Å²) in [5.41, 5.74) is 0. The van der Waals surface area contributed by atoms with Crippen molar-refractivity contribution < 1.29 is 14.3 Å². The summed E-state index contributed by atoms with van der Waals surface area (Å²) < 4.78 is 13.0. The van der Waals surface area contributed by atoms with Crippen LogP contribution in [0.1, 0.15) is 32.1 Å². The molecule has 2 amide bonds. The molecular weight excluding hydrogens is 334 g/mol. The summed E-state index contributed by atoms with van der Waals surface area (Å²) in [7, 11) is 1.61. The zero-order valence-corrected chi connectivity index (χ0v) is 15.4. The monoisotopic (exact) mass is 359 g/mol. The zero-order valence-electron chi connectivity index (χ0n) is 15.4. The van der Waals surface area contributed by atoms with E-state index in [1.54, 1.807) is 12.0 Å². The summed E-state index contributed by atoms with van der Waals surface area (Å²) >= 11 is 0. The van der Waals surface area contributed by atoms with Gasteiger partial charge in [-0.3, -0.25) is 0 Å². The number of carbonyl (C=O) groups excluding carboxylic acids is 1. The lowest BCUT2D eigenvalue weighted by molar-refractivity contribution is 0.0417. The van der Waals surface area contributed by atoms with Crippen LogP contribution in [0.25, 0.3) is 0 Å². The van der Waals surface area contributed by atoms with Crippen LogP contribution in [0.3, 0.4) is 0 Å². The van der Waals surface area contributed by atoms with Crippen LogP contribution in [0.4, 0.5) is 4.79 Å². The first-order chi connectivity index (χ1) is 12.6. The predicted molar refractivity (Wildman–Crippen MR) is 96.2 cm³/mol. The van der Waals surface area contributed by atoms with Gasteiger partial charge in [0.1, 0.15) is 18.3 Å². The van der Waals surface area contributed by atoms with Crippen LogP contribution < -0.4 is 14.8 Å². The van der Waals surface area contributed by atoms with E-state index in [0.717, 1.165) is 18.8 Å². The van der Waals surface area contributed by atoms with Gasteiger partial charge in [0.2, 0.25) is 0 Å². The van der Waals surface area contributed by atoms with E-state index in [2.05, 4.69) is 22.3 Å². The first kappa shape index (κ1) is 18.0. The van der Waals surface area contributed by atoms with Crippen molar-refractivity contribution in [2.45, 2.75) is 39.0 Å². The van der Waals surface area contributed by atoms with E-state index in [-0.39, 0.29) is 18.2 Å². The van der Waals surface area contributed by atoms with Gasteiger partial charge < -0.3 is 19.7 Å². The van der Waals surface area contributed by atoms with E-state index in [4.69, 9.17) is 9.47 Å². The minimum atomic E-state index is -0.203. The SMILES string of the molecule is CCCn1ncnc1[C@H](C)NC(=O)N1CC(Oc2ccccc2OC)C1. The number of aryl methyl sites for hydroxylation is 1. The molecule has 0 radical (unpaired) electrons. The molecule has 1 aliphatic rings. The third kappa shape index (κ3) is 3.89. The molecule has 2 heterocycles. The zero-order chi connectivity index (χ0) is 18.5. The topological polar surface area (TPSA) is 81.5 Å². The number of para-hydroxylation sites is 2. The summed E-state index contributed by atoms with van der Waals surface area (Å²) in [6.07, 6.45) is 2.45. The Morgan fingerprint density at radius 1 is 1.35 bits per heavy atom. The number of amides is 2. The van der Waals surface area contributed by atoms with Gasteiger partial charge in [-0.1, -0.05) is 19.1 Å². The molecule has 1 atom stereocenters. The lowest BCUT2D eigenvalue weighted by atomic mass is 10.1. The molecule has 1 saturated heterocycles. The second kappa shape index (κ2) is 8.07. The fourth-order valence-electron chi connectivity index (χ4n) is 2.91. The summed E-state index contributed by atoms with van der Waals surface area (Å²) in [6, 6.07) is 7.19. The number of urea groups is 1. The number of hydrogen-bond donors (Lipinski definition) is 1. The standard InChI is InChI=1S/C18H25N5O3/c1-4-9-23-17(19-12-20-23)13(2)21-18(24)22-10-14(11-22)26-16-8-6-5-7-15(16)25-3/h5-8,12-14H,4,9-11H2,1-3H3,(H,21,24)/t13-/m0/s1. The van der Waals surface area contributed by atoms with E-state index in [1.165, 1.54) is 6.33 Å². The molecule has 0 bridgehead atoms. The minimum absolute atomic E-state index is 0.0314. The highest BCUT2D eigenvalue weighted by Gasteiger charge is 2.33. The summed E-state index contributed by atoms with van der Waals surface area (Å²) in [6.45, 7) is 5.86. The van der Waals surface area contributed by atoms with Crippen LogP contribution in [0.15, 0.2) is 30.6 Å². The van der Waals surface area contributed by atoms with Crippen LogP contribution in [0.2, 0.25) is 0 Å². The first-order valence-corrected chi connectivity index (χ1v) is 8.85. The number of nitrogens with one attached hydrogen (secondary N) is 1. The van der Waals surface area contributed by atoms with Gasteiger partial charge in [-0.05, 0) is 25.5 Å². The number of hydrogen-bond acceptors (Lipinski definition) is 5. The third-order valence-electron chi connectivity index (χ3n) is 4.31. The molecule has 1 N–H and O–H groups in total. The summed E-state index contributed by atoms with van der Waals surface area (Å²) in [4.78, 5) is 18.4. The number of methoxy groups -OCH3 is 1. The van der Waals surface area contributed by atoms with E-state index in [9.17, 15) is 4.79 Å². The lowest BCUT2D eigenvalue weighted by Gasteiger charge is -2.39. The van der Waals surface area contributed by atoms with E-state index < -0.39 is 0 Å². The van der Waals surface area contributed by atoms with Crippen molar-refractivity contribution in [3.05, 3.63) is 36.4 Å². The number of likely N-dealkylation sites (tertiary alicyclic amines) is 1. The first-order valence-electron chi connectivity index (χ1n) is 8.85. The molecule has 1 fully saturated rings. The van der Waals surface area contributed by atoms with Crippen LogP contribution in [-0.4, -0.2) is 52.0 Å². The second-order valence-electron chi connectivity index (χ2n) is 6.31. The molecule has 0 unspecified atom stereocenters. The Bertz CT molecular complexity index is 742. The van der Waals surface area contributed by atoms with E-state index >= 15 is 0 Å². The normalized spacial score (nSPS) is 15.3. The molecule has 2 aromatic rings. The van der Waals surface area contributed by atoms with Gasteiger partial charge in [-0.2, -0.15) is 5.10 Å². The second-order valence-corrected chi connectivity index (χ2v) is 6.31. The van der Waals surface area contributed by atoms with Crippen LogP contribution in [0, 0.1) is 0 Å². The predicted octanol–water partition coefficient (Wildman–Crippen LogP) is 2.23. The molecular formula is C18H25N5O3.